The fourth-order valence-electron chi connectivity index (χ4n) is 5.43. The molecular weight excluding hydrogens is 519 g/mol. The second-order valence-electron chi connectivity index (χ2n) is 11.3. The maximum absolute atomic E-state index is 14.6. The molecule has 0 bridgehead atoms. The van der Waals surface area contributed by atoms with Gasteiger partial charge in [-0.2, -0.15) is 0 Å². The standard InChI is InChI=1S/C30H34ClFN4O3/c1-19(23-9-8-22(31)17-24(23)32)36-18-33-25-10-7-21(16-27(25)36)20-11-14-34(15-12-20)28(37)26-6-5-13-35(26)29(38)39-30(2,3)4/h7-11,16-19,26H,5-6,12-15H2,1-4H3/t19-,26-/m1/s1. The van der Waals surface area contributed by atoms with E-state index in [1.54, 1.807) is 23.4 Å². The predicted octanol–water partition coefficient (Wildman–Crippen LogP) is 6.45. The van der Waals surface area contributed by atoms with Gasteiger partial charge < -0.3 is 14.2 Å². The summed E-state index contributed by atoms with van der Waals surface area (Å²) in [4.78, 5) is 34.0. The van der Waals surface area contributed by atoms with Gasteiger partial charge in [0.15, 0.2) is 0 Å². The summed E-state index contributed by atoms with van der Waals surface area (Å²) in [5.74, 6) is -0.374. The van der Waals surface area contributed by atoms with Crippen molar-refractivity contribution in [2.75, 3.05) is 19.6 Å². The van der Waals surface area contributed by atoms with Crippen molar-refractivity contribution in [3.8, 4) is 0 Å². The van der Waals surface area contributed by atoms with E-state index in [2.05, 4.69) is 17.1 Å². The minimum atomic E-state index is -0.604. The number of nitrogens with zero attached hydrogens (tertiary/aromatic N) is 4. The zero-order chi connectivity index (χ0) is 27.9. The lowest BCUT2D eigenvalue weighted by Gasteiger charge is -2.33. The summed E-state index contributed by atoms with van der Waals surface area (Å²) in [6.45, 7) is 9.02. The highest BCUT2D eigenvalue weighted by Gasteiger charge is 2.38. The number of likely N-dealkylation sites (tertiary alicyclic amines) is 1. The highest BCUT2D eigenvalue weighted by atomic mass is 35.5. The van der Waals surface area contributed by atoms with E-state index in [-0.39, 0.29) is 17.8 Å². The van der Waals surface area contributed by atoms with E-state index in [1.807, 2.05) is 49.3 Å². The number of amides is 2. The monoisotopic (exact) mass is 552 g/mol. The SMILES string of the molecule is C[C@H](c1ccc(Cl)cc1F)n1cnc2ccc(C3=CCN(C(=O)[C@H]4CCCN4C(=O)OC(C)(C)C)CC3)cc21. The van der Waals surface area contributed by atoms with Gasteiger partial charge in [0.05, 0.1) is 23.4 Å². The smallest absolute Gasteiger partial charge is 0.410 e. The van der Waals surface area contributed by atoms with Crippen molar-refractivity contribution in [2.45, 2.75) is 64.6 Å². The number of halogens is 2. The molecule has 2 amide bonds. The van der Waals surface area contributed by atoms with E-state index in [4.69, 9.17) is 16.3 Å². The van der Waals surface area contributed by atoms with Crippen LogP contribution in [0.4, 0.5) is 9.18 Å². The molecule has 1 saturated heterocycles. The third kappa shape index (κ3) is 5.66. The van der Waals surface area contributed by atoms with Crippen molar-refractivity contribution in [3.05, 3.63) is 70.8 Å². The first-order valence-corrected chi connectivity index (χ1v) is 13.8. The topological polar surface area (TPSA) is 67.7 Å². The summed E-state index contributed by atoms with van der Waals surface area (Å²) in [5, 5.41) is 0.364. The molecule has 2 aliphatic heterocycles. The summed E-state index contributed by atoms with van der Waals surface area (Å²) in [6.07, 6.45) is 5.53. The van der Waals surface area contributed by atoms with E-state index < -0.39 is 17.7 Å². The zero-order valence-electron chi connectivity index (χ0n) is 22.8. The van der Waals surface area contributed by atoms with Gasteiger partial charge in [-0.25, -0.2) is 14.2 Å². The summed E-state index contributed by atoms with van der Waals surface area (Å²) < 4.78 is 22.1. The Labute approximate surface area is 233 Å². The number of imidazole rings is 1. The lowest BCUT2D eigenvalue weighted by Crippen LogP contribution is -2.49. The van der Waals surface area contributed by atoms with Crippen LogP contribution in [-0.2, 0) is 9.53 Å². The maximum Gasteiger partial charge on any atom is 0.410 e. The Morgan fingerprint density at radius 3 is 2.64 bits per heavy atom. The number of fused-ring (bicyclic) bond motifs is 1. The molecule has 9 heteroatoms. The van der Waals surface area contributed by atoms with Crippen LogP contribution in [0.3, 0.4) is 0 Å². The Morgan fingerprint density at radius 2 is 1.95 bits per heavy atom. The molecule has 3 heterocycles. The van der Waals surface area contributed by atoms with Crippen LogP contribution < -0.4 is 0 Å². The lowest BCUT2D eigenvalue weighted by atomic mass is 9.98. The highest BCUT2D eigenvalue weighted by molar-refractivity contribution is 6.30. The Hall–Kier alpha value is -3.39. The predicted molar refractivity (Wildman–Crippen MR) is 150 cm³/mol. The minimum absolute atomic E-state index is 0.0268. The van der Waals surface area contributed by atoms with Crippen LogP contribution in [0.1, 0.15) is 64.1 Å². The summed E-state index contributed by atoms with van der Waals surface area (Å²) in [7, 11) is 0. The third-order valence-corrected chi connectivity index (χ3v) is 7.70. The Bertz CT molecular complexity index is 1440. The molecule has 2 aromatic carbocycles. The number of benzene rings is 2. The van der Waals surface area contributed by atoms with Gasteiger partial charge >= 0.3 is 6.09 Å². The quantitative estimate of drug-likeness (QED) is 0.373. The summed E-state index contributed by atoms with van der Waals surface area (Å²) >= 11 is 5.95. The third-order valence-electron chi connectivity index (χ3n) is 7.46. The molecule has 5 rings (SSSR count). The van der Waals surface area contributed by atoms with Crippen molar-refractivity contribution in [1.82, 2.24) is 19.4 Å². The van der Waals surface area contributed by atoms with Gasteiger partial charge in [0.2, 0.25) is 5.91 Å². The molecule has 1 fully saturated rings. The largest absolute Gasteiger partial charge is 0.444 e. The van der Waals surface area contributed by atoms with Gasteiger partial charge in [-0.3, -0.25) is 9.69 Å². The molecule has 0 saturated carbocycles. The number of carbonyl (C=O) groups is 2. The summed E-state index contributed by atoms with van der Waals surface area (Å²) in [5.41, 5.74) is 3.88. The molecule has 2 aliphatic rings. The van der Waals surface area contributed by atoms with Crippen LogP contribution in [0.5, 0.6) is 0 Å². The van der Waals surface area contributed by atoms with Crippen LogP contribution in [0.2, 0.25) is 5.02 Å². The van der Waals surface area contributed by atoms with Crippen LogP contribution in [-0.4, -0.2) is 62.6 Å². The van der Waals surface area contributed by atoms with E-state index in [0.717, 1.165) is 28.6 Å². The zero-order valence-corrected chi connectivity index (χ0v) is 23.5. The van der Waals surface area contributed by atoms with Gasteiger partial charge in [0, 0.05) is 30.2 Å². The minimum Gasteiger partial charge on any atom is -0.444 e. The Morgan fingerprint density at radius 1 is 1.15 bits per heavy atom. The number of carbonyl (C=O) groups excluding carboxylic acids is 2. The van der Waals surface area contributed by atoms with Crippen molar-refractivity contribution >= 4 is 40.2 Å². The number of rotatable bonds is 4. The summed E-state index contributed by atoms with van der Waals surface area (Å²) in [6, 6.07) is 10.1. The van der Waals surface area contributed by atoms with Crippen LogP contribution in [0.15, 0.2) is 48.8 Å². The highest BCUT2D eigenvalue weighted by Crippen LogP contribution is 2.31. The normalized spacial score (nSPS) is 18.8. The van der Waals surface area contributed by atoms with Crippen molar-refractivity contribution in [3.63, 3.8) is 0 Å². The molecule has 39 heavy (non-hydrogen) atoms. The van der Waals surface area contributed by atoms with E-state index >= 15 is 0 Å². The fraction of sp³-hybridized carbons (Fsp3) is 0.433. The second-order valence-corrected chi connectivity index (χ2v) is 11.7. The number of aromatic nitrogens is 2. The molecule has 1 aromatic heterocycles. The van der Waals surface area contributed by atoms with Crippen molar-refractivity contribution in [1.29, 1.82) is 0 Å². The molecule has 206 valence electrons. The first-order chi connectivity index (χ1) is 18.5. The van der Waals surface area contributed by atoms with Gasteiger partial charge in [-0.1, -0.05) is 29.8 Å². The molecule has 0 N–H and O–H groups in total. The Kier molecular flexibility index (Phi) is 7.42. The number of ether oxygens (including phenoxy) is 1. The van der Waals surface area contributed by atoms with Crippen molar-refractivity contribution in [2.24, 2.45) is 0 Å². The molecule has 0 aliphatic carbocycles. The van der Waals surface area contributed by atoms with E-state index in [1.165, 1.54) is 6.07 Å². The molecule has 0 unspecified atom stereocenters. The molecule has 0 radical (unpaired) electrons. The molecule has 3 aromatic rings. The van der Waals surface area contributed by atoms with Crippen LogP contribution >= 0.6 is 11.6 Å². The maximum atomic E-state index is 14.6. The van der Waals surface area contributed by atoms with E-state index in [0.29, 0.717) is 43.1 Å². The van der Waals surface area contributed by atoms with Crippen LogP contribution in [0, 0.1) is 5.82 Å². The van der Waals surface area contributed by atoms with Gasteiger partial charge in [-0.05, 0) is 82.4 Å². The average Bonchev–Trinajstić information content (AvgIpc) is 3.54. The molecule has 7 nitrogen and oxygen atoms in total. The second kappa shape index (κ2) is 10.6. The van der Waals surface area contributed by atoms with Gasteiger partial charge in [-0.15, -0.1) is 0 Å². The first-order valence-electron chi connectivity index (χ1n) is 13.4. The number of hydrogen-bond acceptors (Lipinski definition) is 4. The fourth-order valence-corrected chi connectivity index (χ4v) is 5.59. The molecule has 2 atom stereocenters. The number of hydrogen-bond donors (Lipinski definition) is 0. The van der Waals surface area contributed by atoms with Crippen molar-refractivity contribution < 1.29 is 18.7 Å². The molecular formula is C30H34ClFN4O3. The first kappa shape index (κ1) is 27.2. The molecule has 0 spiro atoms. The average molecular weight is 553 g/mol. The van der Waals surface area contributed by atoms with E-state index in [9.17, 15) is 14.0 Å². The van der Waals surface area contributed by atoms with Gasteiger partial charge in [0.25, 0.3) is 0 Å². The van der Waals surface area contributed by atoms with Gasteiger partial charge in [0.1, 0.15) is 17.5 Å². The van der Waals surface area contributed by atoms with Crippen LogP contribution in [0.25, 0.3) is 16.6 Å². The Balaban J connectivity index is 1.32. The lowest BCUT2D eigenvalue weighted by molar-refractivity contribution is -0.135.